The summed E-state index contributed by atoms with van der Waals surface area (Å²) in [7, 11) is 2.06. The van der Waals surface area contributed by atoms with Crippen molar-refractivity contribution < 1.29 is 0 Å². The quantitative estimate of drug-likeness (QED) is 0.915. The highest BCUT2D eigenvalue weighted by molar-refractivity contribution is 5.23. The van der Waals surface area contributed by atoms with E-state index in [-0.39, 0.29) is 5.43 Å². The number of aromatic amines is 1. The van der Waals surface area contributed by atoms with Crippen LogP contribution >= 0.6 is 0 Å². The van der Waals surface area contributed by atoms with Crippen LogP contribution in [0.4, 0.5) is 0 Å². The predicted octanol–water partition coefficient (Wildman–Crippen LogP) is 1.94. The molecule has 0 atom stereocenters. The van der Waals surface area contributed by atoms with Gasteiger partial charge in [-0.3, -0.25) is 14.4 Å². The second-order valence-corrected chi connectivity index (χ2v) is 5.79. The summed E-state index contributed by atoms with van der Waals surface area (Å²) < 4.78 is 2.02. The molecule has 0 saturated carbocycles. The fourth-order valence-electron chi connectivity index (χ4n) is 2.48. The maximum atomic E-state index is 11.9. The lowest BCUT2D eigenvalue weighted by Gasteiger charge is -2.18. The number of H-pyrrole nitrogens is 1. The number of aryl methyl sites for hydroxylation is 3. The lowest BCUT2D eigenvalue weighted by molar-refractivity contribution is 0.299. The van der Waals surface area contributed by atoms with Crippen LogP contribution in [0.5, 0.6) is 0 Å². The molecular weight excluding hydrogens is 264 g/mol. The summed E-state index contributed by atoms with van der Waals surface area (Å²) in [5, 5.41) is 4.46. The average molecular weight is 288 g/mol. The van der Waals surface area contributed by atoms with Crippen LogP contribution in [0.2, 0.25) is 0 Å². The van der Waals surface area contributed by atoms with Gasteiger partial charge in [0.25, 0.3) is 0 Å². The highest BCUT2D eigenvalue weighted by atomic mass is 16.1. The van der Waals surface area contributed by atoms with Crippen LogP contribution in [0.25, 0.3) is 0 Å². The highest BCUT2D eigenvalue weighted by Crippen LogP contribution is 2.06. The van der Waals surface area contributed by atoms with E-state index >= 15 is 0 Å². The van der Waals surface area contributed by atoms with E-state index in [1.54, 1.807) is 6.20 Å². The van der Waals surface area contributed by atoms with Crippen molar-refractivity contribution >= 4 is 0 Å². The molecule has 0 fully saturated rings. The molecular formula is C16H24N4O. The van der Waals surface area contributed by atoms with Gasteiger partial charge in [-0.1, -0.05) is 0 Å². The Morgan fingerprint density at radius 1 is 1.29 bits per heavy atom. The molecule has 0 saturated heterocycles. The minimum Gasteiger partial charge on any atom is -0.363 e. The summed E-state index contributed by atoms with van der Waals surface area (Å²) >= 11 is 0. The molecule has 1 N–H and O–H groups in total. The minimum atomic E-state index is 0.135. The largest absolute Gasteiger partial charge is 0.363 e. The Bertz CT molecular complexity index is 684. The molecule has 2 heterocycles. The summed E-state index contributed by atoms with van der Waals surface area (Å²) in [4.78, 5) is 17.4. The second kappa shape index (κ2) is 6.26. The van der Waals surface area contributed by atoms with Gasteiger partial charge in [0, 0.05) is 41.8 Å². The van der Waals surface area contributed by atoms with Gasteiger partial charge in [0.2, 0.25) is 0 Å². The molecule has 114 valence electrons. The molecule has 0 spiro atoms. The van der Waals surface area contributed by atoms with E-state index in [9.17, 15) is 4.79 Å². The monoisotopic (exact) mass is 288 g/mol. The number of hydrogen-bond donors (Lipinski definition) is 1. The van der Waals surface area contributed by atoms with Crippen molar-refractivity contribution in [3.05, 3.63) is 50.7 Å². The molecule has 0 aliphatic rings. The Labute approximate surface area is 125 Å². The Morgan fingerprint density at radius 3 is 2.62 bits per heavy atom. The Balaban J connectivity index is 1.99. The number of pyridine rings is 1. The zero-order chi connectivity index (χ0) is 15.6. The van der Waals surface area contributed by atoms with Gasteiger partial charge in [-0.05, 0) is 40.8 Å². The van der Waals surface area contributed by atoms with Gasteiger partial charge < -0.3 is 4.98 Å². The number of nitrogens with one attached hydrogen (secondary N) is 1. The molecule has 2 aromatic heterocycles. The second-order valence-electron chi connectivity index (χ2n) is 5.79. The smallest absolute Gasteiger partial charge is 0.187 e. The fourth-order valence-corrected chi connectivity index (χ4v) is 2.48. The SMILES string of the molecule is Cc1cc(C)n(CCN(C)Cc2[nH]cc(C)c(=O)c2C)n1. The van der Waals surface area contributed by atoms with Crippen LogP contribution in [0.3, 0.4) is 0 Å². The predicted molar refractivity (Wildman–Crippen MR) is 84.6 cm³/mol. The third-order valence-corrected chi connectivity index (χ3v) is 3.84. The first-order chi connectivity index (χ1) is 9.88. The van der Waals surface area contributed by atoms with Crippen molar-refractivity contribution in [3.8, 4) is 0 Å². The fraction of sp³-hybridized carbons (Fsp3) is 0.500. The molecule has 0 bridgehead atoms. The lowest BCUT2D eigenvalue weighted by atomic mass is 10.1. The van der Waals surface area contributed by atoms with E-state index in [2.05, 4.69) is 35.0 Å². The summed E-state index contributed by atoms with van der Waals surface area (Å²) in [6.45, 7) is 10.3. The molecule has 0 unspecified atom stereocenters. The number of likely N-dealkylation sites (N-methyl/N-ethyl adjacent to an activating group) is 1. The Hall–Kier alpha value is -1.88. The van der Waals surface area contributed by atoms with Gasteiger partial charge in [0.15, 0.2) is 5.43 Å². The van der Waals surface area contributed by atoms with Crippen LogP contribution < -0.4 is 5.43 Å². The molecule has 21 heavy (non-hydrogen) atoms. The average Bonchev–Trinajstić information content (AvgIpc) is 2.75. The van der Waals surface area contributed by atoms with Crippen LogP contribution in [0, 0.1) is 27.7 Å². The first-order valence-corrected chi connectivity index (χ1v) is 7.26. The highest BCUT2D eigenvalue weighted by Gasteiger charge is 2.08. The molecule has 2 aromatic rings. The molecule has 0 aliphatic heterocycles. The topological polar surface area (TPSA) is 53.9 Å². The van der Waals surface area contributed by atoms with Crippen LogP contribution in [0.1, 0.15) is 28.2 Å². The van der Waals surface area contributed by atoms with E-state index in [0.29, 0.717) is 0 Å². The van der Waals surface area contributed by atoms with Gasteiger partial charge in [0.05, 0.1) is 12.2 Å². The number of nitrogens with zero attached hydrogens (tertiary/aromatic N) is 3. The van der Waals surface area contributed by atoms with Crippen molar-refractivity contribution in [1.82, 2.24) is 19.7 Å². The van der Waals surface area contributed by atoms with Crippen LogP contribution in [0.15, 0.2) is 17.1 Å². The minimum absolute atomic E-state index is 0.135. The van der Waals surface area contributed by atoms with Crippen molar-refractivity contribution in [1.29, 1.82) is 0 Å². The van der Waals surface area contributed by atoms with Gasteiger partial charge >= 0.3 is 0 Å². The Kier molecular flexibility index (Phi) is 4.63. The van der Waals surface area contributed by atoms with Crippen LogP contribution in [-0.2, 0) is 13.1 Å². The van der Waals surface area contributed by atoms with E-state index in [0.717, 1.165) is 42.1 Å². The molecule has 2 rings (SSSR count). The molecule has 5 nitrogen and oxygen atoms in total. The molecule has 0 amide bonds. The zero-order valence-corrected chi connectivity index (χ0v) is 13.5. The molecule has 0 aliphatic carbocycles. The van der Waals surface area contributed by atoms with Crippen LogP contribution in [-0.4, -0.2) is 33.3 Å². The molecule has 0 aromatic carbocycles. The summed E-state index contributed by atoms with van der Waals surface area (Å²) in [5.74, 6) is 0. The van der Waals surface area contributed by atoms with Gasteiger partial charge in [0.1, 0.15) is 0 Å². The van der Waals surface area contributed by atoms with E-state index in [1.807, 2.05) is 25.5 Å². The Morgan fingerprint density at radius 2 is 2.00 bits per heavy atom. The van der Waals surface area contributed by atoms with Gasteiger partial charge in [-0.15, -0.1) is 0 Å². The van der Waals surface area contributed by atoms with Crippen molar-refractivity contribution in [3.63, 3.8) is 0 Å². The zero-order valence-electron chi connectivity index (χ0n) is 13.5. The normalized spacial score (nSPS) is 11.3. The summed E-state index contributed by atoms with van der Waals surface area (Å²) in [5.41, 5.74) is 4.93. The molecule has 5 heteroatoms. The van der Waals surface area contributed by atoms with E-state index in [4.69, 9.17) is 0 Å². The number of aromatic nitrogens is 3. The van der Waals surface area contributed by atoms with Gasteiger partial charge in [-0.2, -0.15) is 5.10 Å². The van der Waals surface area contributed by atoms with Crippen molar-refractivity contribution in [2.24, 2.45) is 0 Å². The summed E-state index contributed by atoms with van der Waals surface area (Å²) in [6.07, 6.45) is 1.79. The maximum absolute atomic E-state index is 11.9. The number of hydrogen-bond acceptors (Lipinski definition) is 3. The van der Waals surface area contributed by atoms with E-state index < -0.39 is 0 Å². The first-order valence-electron chi connectivity index (χ1n) is 7.26. The third kappa shape index (κ3) is 3.61. The maximum Gasteiger partial charge on any atom is 0.187 e. The standard InChI is InChI=1S/C16H24N4O/c1-11-9-17-15(14(4)16(11)21)10-19(5)6-7-20-13(3)8-12(2)18-20/h8-9H,6-7,10H2,1-5H3,(H,17,21). The molecule has 0 radical (unpaired) electrons. The number of rotatable bonds is 5. The third-order valence-electron chi connectivity index (χ3n) is 3.84. The summed E-state index contributed by atoms with van der Waals surface area (Å²) in [6, 6.07) is 2.08. The lowest BCUT2D eigenvalue weighted by Crippen LogP contribution is -2.26. The van der Waals surface area contributed by atoms with Crippen molar-refractivity contribution in [2.45, 2.75) is 40.8 Å². The van der Waals surface area contributed by atoms with Gasteiger partial charge in [-0.25, -0.2) is 0 Å². The first kappa shape index (κ1) is 15.5. The van der Waals surface area contributed by atoms with Crippen molar-refractivity contribution in [2.75, 3.05) is 13.6 Å². The van der Waals surface area contributed by atoms with E-state index in [1.165, 1.54) is 5.69 Å².